The van der Waals surface area contributed by atoms with Crippen molar-refractivity contribution >= 4 is 23.6 Å². The molecule has 0 aliphatic carbocycles. The smallest absolute Gasteiger partial charge is 0.326 e. The van der Waals surface area contributed by atoms with Crippen molar-refractivity contribution in [3.63, 3.8) is 0 Å². The zero-order chi connectivity index (χ0) is 18.8. The average molecular weight is 356 g/mol. The quantitative estimate of drug-likeness (QED) is 0.420. The molecule has 2 aromatic rings. The highest BCUT2D eigenvalue weighted by atomic mass is 16.5. The van der Waals surface area contributed by atoms with E-state index in [0.717, 1.165) is 17.8 Å². The van der Waals surface area contributed by atoms with E-state index in [0.29, 0.717) is 24.8 Å². The molecule has 0 bridgehead atoms. The number of methoxy groups -OCH3 is 1. The van der Waals surface area contributed by atoms with E-state index in [4.69, 9.17) is 4.74 Å². The molecule has 8 nitrogen and oxygen atoms in total. The number of carbonyl (C=O) groups is 1. The van der Waals surface area contributed by atoms with Crippen LogP contribution in [0.4, 0.5) is 16.4 Å². The van der Waals surface area contributed by atoms with Gasteiger partial charge in [-0.1, -0.05) is 18.2 Å². The van der Waals surface area contributed by atoms with Gasteiger partial charge in [-0.2, -0.15) is 0 Å². The van der Waals surface area contributed by atoms with E-state index in [1.54, 1.807) is 19.2 Å². The first kappa shape index (κ1) is 19.3. The molecule has 0 saturated heterocycles. The van der Waals surface area contributed by atoms with Gasteiger partial charge in [0.1, 0.15) is 0 Å². The molecule has 0 spiro atoms. The van der Waals surface area contributed by atoms with Crippen molar-refractivity contribution in [3.8, 4) is 0 Å². The number of guanidine groups is 1. The van der Waals surface area contributed by atoms with Crippen LogP contribution in [-0.4, -0.2) is 42.2 Å². The van der Waals surface area contributed by atoms with Gasteiger partial charge in [-0.3, -0.25) is 15.6 Å². The van der Waals surface area contributed by atoms with E-state index < -0.39 is 6.03 Å². The van der Waals surface area contributed by atoms with Crippen LogP contribution in [0.3, 0.4) is 0 Å². The summed E-state index contributed by atoms with van der Waals surface area (Å²) in [6, 6.07) is 10.6. The molecule has 138 valence electrons. The van der Waals surface area contributed by atoms with E-state index in [-0.39, 0.29) is 5.96 Å². The summed E-state index contributed by atoms with van der Waals surface area (Å²) < 4.78 is 5.02. The number of hydrogen-bond acceptors (Lipinski definition) is 5. The van der Waals surface area contributed by atoms with Gasteiger partial charge in [0.05, 0.1) is 0 Å². The van der Waals surface area contributed by atoms with Gasteiger partial charge in [0.2, 0.25) is 11.9 Å². The summed E-state index contributed by atoms with van der Waals surface area (Å²) in [7, 11) is 1.64. The minimum atomic E-state index is -0.404. The number of benzene rings is 1. The third-order valence-corrected chi connectivity index (χ3v) is 3.25. The van der Waals surface area contributed by atoms with Gasteiger partial charge in [-0.05, 0) is 38.5 Å². The Morgan fingerprint density at radius 3 is 2.46 bits per heavy atom. The molecule has 0 atom stereocenters. The Bertz CT molecular complexity index is 728. The van der Waals surface area contributed by atoms with Crippen LogP contribution in [0.25, 0.3) is 0 Å². The second kappa shape index (κ2) is 10.1. The second-order valence-electron chi connectivity index (χ2n) is 5.62. The van der Waals surface area contributed by atoms with Crippen molar-refractivity contribution in [3.05, 3.63) is 47.8 Å². The van der Waals surface area contributed by atoms with Gasteiger partial charge in [0.25, 0.3) is 0 Å². The number of aryl methyl sites for hydroxylation is 2. The summed E-state index contributed by atoms with van der Waals surface area (Å²) in [6.07, 6.45) is 0.733. The topological polar surface area (TPSA) is 101 Å². The van der Waals surface area contributed by atoms with E-state index in [9.17, 15) is 4.79 Å². The van der Waals surface area contributed by atoms with E-state index in [1.165, 1.54) is 0 Å². The number of urea groups is 1. The number of aliphatic imine (C=N–C) groups is 1. The summed E-state index contributed by atoms with van der Waals surface area (Å²) >= 11 is 0. The Morgan fingerprint density at radius 1 is 1.12 bits per heavy atom. The van der Waals surface area contributed by atoms with Crippen LogP contribution in [0.15, 0.2) is 41.4 Å². The molecule has 1 aromatic heterocycles. The van der Waals surface area contributed by atoms with Crippen LogP contribution >= 0.6 is 0 Å². The number of aromatic nitrogens is 2. The van der Waals surface area contributed by atoms with Crippen molar-refractivity contribution in [2.45, 2.75) is 20.3 Å². The Balaban J connectivity index is 2.05. The molecule has 1 heterocycles. The van der Waals surface area contributed by atoms with Gasteiger partial charge in [0.15, 0.2) is 0 Å². The van der Waals surface area contributed by atoms with Gasteiger partial charge in [-0.25, -0.2) is 14.8 Å². The lowest BCUT2D eigenvalue weighted by atomic mass is 10.3. The van der Waals surface area contributed by atoms with Crippen molar-refractivity contribution in [2.75, 3.05) is 30.9 Å². The standard InChI is InChI=1S/C18H24N6O2/c1-13-12-14(2)21-17(20-13)23-16(19-10-7-11-26-3)24-18(25)22-15-8-5-4-6-9-15/h4-6,8-9,12H,7,10-11H2,1-3H3,(H3,19,20,21,22,23,24,25). The summed E-state index contributed by atoms with van der Waals surface area (Å²) in [5.41, 5.74) is 2.34. The molecule has 0 unspecified atom stereocenters. The highest BCUT2D eigenvalue weighted by Gasteiger charge is 2.09. The van der Waals surface area contributed by atoms with Gasteiger partial charge in [0, 0.05) is 37.3 Å². The molecule has 0 aliphatic rings. The van der Waals surface area contributed by atoms with Crippen LogP contribution in [-0.2, 0) is 4.74 Å². The number of ether oxygens (including phenoxy) is 1. The molecular formula is C18H24N6O2. The summed E-state index contributed by atoms with van der Waals surface area (Å²) in [4.78, 5) is 25.2. The number of para-hydroxylation sites is 1. The molecule has 26 heavy (non-hydrogen) atoms. The Labute approximate surface area is 153 Å². The number of hydrogen-bond donors (Lipinski definition) is 3. The predicted molar refractivity (Wildman–Crippen MR) is 103 cm³/mol. The minimum absolute atomic E-state index is 0.277. The SMILES string of the molecule is COCCCN=C(NC(=O)Nc1ccccc1)Nc1nc(C)cc(C)n1. The van der Waals surface area contributed by atoms with Crippen LogP contribution < -0.4 is 16.0 Å². The van der Waals surface area contributed by atoms with Crippen LogP contribution in [0.5, 0.6) is 0 Å². The van der Waals surface area contributed by atoms with E-state index >= 15 is 0 Å². The Morgan fingerprint density at radius 2 is 1.81 bits per heavy atom. The second-order valence-corrected chi connectivity index (χ2v) is 5.62. The number of carbonyl (C=O) groups excluding carboxylic acids is 1. The normalized spacial score (nSPS) is 11.1. The summed E-state index contributed by atoms with van der Waals surface area (Å²) in [5, 5.41) is 8.41. The van der Waals surface area contributed by atoms with E-state index in [2.05, 4.69) is 30.9 Å². The molecular weight excluding hydrogens is 332 g/mol. The van der Waals surface area contributed by atoms with Crippen molar-refractivity contribution in [2.24, 2.45) is 4.99 Å². The molecule has 0 fully saturated rings. The highest BCUT2D eigenvalue weighted by molar-refractivity contribution is 6.06. The zero-order valence-electron chi connectivity index (χ0n) is 15.2. The maximum absolute atomic E-state index is 12.2. The molecule has 8 heteroatoms. The molecule has 2 rings (SSSR count). The van der Waals surface area contributed by atoms with Crippen LogP contribution in [0.1, 0.15) is 17.8 Å². The van der Waals surface area contributed by atoms with Crippen molar-refractivity contribution in [1.29, 1.82) is 0 Å². The number of nitrogens with one attached hydrogen (secondary N) is 3. The summed E-state index contributed by atoms with van der Waals surface area (Å²) in [5.74, 6) is 0.660. The lowest BCUT2D eigenvalue weighted by molar-refractivity contribution is 0.197. The molecule has 3 N–H and O–H groups in total. The Hall–Kier alpha value is -3.00. The lowest BCUT2D eigenvalue weighted by Crippen LogP contribution is -2.39. The molecule has 0 saturated carbocycles. The first-order chi connectivity index (χ1) is 12.6. The van der Waals surface area contributed by atoms with Gasteiger partial charge >= 0.3 is 6.03 Å². The number of amides is 2. The number of anilines is 2. The van der Waals surface area contributed by atoms with Crippen molar-refractivity contribution in [1.82, 2.24) is 15.3 Å². The maximum atomic E-state index is 12.2. The first-order valence-electron chi connectivity index (χ1n) is 8.32. The fourth-order valence-corrected chi connectivity index (χ4v) is 2.19. The Kier molecular flexibility index (Phi) is 7.50. The first-order valence-corrected chi connectivity index (χ1v) is 8.32. The summed E-state index contributed by atoms with van der Waals surface area (Å²) in [6.45, 7) is 4.84. The molecule has 0 aliphatic heterocycles. The zero-order valence-corrected chi connectivity index (χ0v) is 15.2. The lowest BCUT2D eigenvalue weighted by Gasteiger charge is -2.12. The largest absolute Gasteiger partial charge is 0.385 e. The molecule has 0 radical (unpaired) electrons. The monoisotopic (exact) mass is 356 g/mol. The fraction of sp³-hybridized carbons (Fsp3) is 0.333. The number of nitrogens with zero attached hydrogens (tertiary/aromatic N) is 3. The van der Waals surface area contributed by atoms with Gasteiger partial charge < -0.3 is 10.1 Å². The van der Waals surface area contributed by atoms with Crippen LogP contribution in [0.2, 0.25) is 0 Å². The molecule has 1 aromatic carbocycles. The van der Waals surface area contributed by atoms with Crippen LogP contribution in [0, 0.1) is 13.8 Å². The fourth-order valence-electron chi connectivity index (χ4n) is 2.19. The van der Waals surface area contributed by atoms with Gasteiger partial charge in [-0.15, -0.1) is 0 Å². The molecule has 2 amide bonds. The van der Waals surface area contributed by atoms with E-state index in [1.807, 2.05) is 38.1 Å². The minimum Gasteiger partial charge on any atom is -0.385 e. The maximum Gasteiger partial charge on any atom is 0.326 e. The van der Waals surface area contributed by atoms with Crippen molar-refractivity contribution < 1.29 is 9.53 Å². The third-order valence-electron chi connectivity index (χ3n) is 3.25. The number of rotatable bonds is 6. The average Bonchev–Trinajstić information content (AvgIpc) is 2.58. The third kappa shape index (κ3) is 6.86. The predicted octanol–water partition coefficient (Wildman–Crippen LogP) is 2.72. The highest BCUT2D eigenvalue weighted by Crippen LogP contribution is 2.05.